The van der Waals surface area contributed by atoms with Crippen molar-refractivity contribution in [1.29, 1.82) is 0 Å². The number of carbonyl (C=O) groups is 2. The number of aliphatic hydroxyl groups is 1. The summed E-state index contributed by atoms with van der Waals surface area (Å²) < 4.78 is 0. The molecule has 0 aromatic heterocycles. The van der Waals surface area contributed by atoms with Crippen LogP contribution in [0.4, 0.5) is 0 Å². The topological polar surface area (TPSA) is 78.4 Å². The fourth-order valence-electron chi connectivity index (χ4n) is 1.74. The fraction of sp³-hybridized carbons (Fsp3) is 0.800. The number of nitrogens with one attached hydrogen (secondary N) is 2. The maximum Gasteiger partial charge on any atom is 0.239 e. The van der Waals surface area contributed by atoms with Crippen molar-refractivity contribution in [3.8, 4) is 0 Å². The van der Waals surface area contributed by atoms with Crippen LogP contribution in [0.1, 0.15) is 32.6 Å². The monoisotopic (exact) mass is 214 g/mol. The molecule has 15 heavy (non-hydrogen) atoms. The molecule has 2 atom stereocenters. The zero-order valence-electron chi connectivity index (χ0n) is 8.95. The van der Waals surface area contributed by atoms with Crippen LogP contribution in [0.5, 0.6) is 0 Å². The lowest BCUT2D eigenvalue weighted by molar-refractivity contribution is -0.126. The lowest BCUT2D eigenvalue weighted by atomic mass is 9.92. The quantitative estimate of drug-likeness (QED) is 0.595. The van der Waals surface area contributed by atoms with Crippen LogP contribution in [-0.2, 0) is 9.59 Å². The Morgan fingerprint density at radius 1 is 1.33 bits per heavy atom. The number of hydrogen-bond donors (Lipinski definition) is 3. The zero-order valence-corrected chi connectivity index (χ0v) is 8.95. The molecule has 1 aliphatic rings. The van der Waals surface area contributed by atoms with Gasteiger partial charge in [-0.25, -0.2) is 0 Å². The molecule has 0 saturated heterocycles. The van der Waals surface area contributed by atoms with Crippen molar-refractivity contribution in [3.63, 3.8) is 0 Å². The molecule has 1 aliphatic carbocycles. The molecule has 0 unspecified atom stereocenters. The highest BCUT2D eigenvalue weighted by molar-refractivity contribution is 5.83. The Balaban J connectivity index is 2.26. The lowest BCUT2D eigenvalue weighted by Crippen LogP contribution is -2.48. The molecule has 3 N–H and O–H groups in total. The van der Waals surface area contributed by atoms with Crippen LogP contribution in [0, 0.1) is 0 Å². The van der Waals surface area contributed by atoms with E-state index in [1.807, 2.05) is 0 Å². The van der Waals surface area contributed by atoms with Gasteiger partial charge in [0.15, 0.2) is 0 Å². The molecule has 1 saturated carbocycles. The molecule has 0 aliphatic heterocycles. The average Bonchev–Trinajstić information content (AvgIpc) is 2.18. The molecule has 0 aromatic carbocycles. The molecular weight excluding hydrogens is 196 g/mol. The summed E-state index contributed by atoms with van der Waals surface area (Å²) in [5, 5.41) is 14.7. The van der Waals surface area contributed by atoms with Crippen molar-refractivity contribution in [1.82, 2.24) is 10.6 Å². The van der Waals surface area contributed by atoms with E-state index in [9.17, 15) is 14.7 Å². The largest absolute Gasteiger partial charge is 0.391 e. The summed E-state index contributed by atoms with van der Waals surface area (Å²) in [5.74, 6) is -0.467. The maximum absolute atomic E-state index is 11.3. The summed E-state index contributed by atoms with van der Waals surface area (Å²) in [6.07, 6.45) is 3.15. The highest BCUT2D eigenvalue weighted by Gasteiger charge is 2.24. The molecule has 86 valence electrons. The molecule has 1 fully saturated rings. The van der Waals surface area contributed by atoms with Gasteiger partial charge in [0.25, 0.3) is 0 Å². The predicted octanol–water partition coefficient (Wildman–Crippen LogP) is -0.458. The number of amides is 2. The van der Waals surface area contributed by atoms with E-state index in [1.54, 1.807) is 0 Å². The lowest BCUT2D eigenvalue weighted by Gasteiger charge is -2.28. The predicted molar refractivity (Wildman–Crippen MR) is 55.1 cm³/mol. The van der Waals surface area contributed by atoms with Crippen LogP contribution in [0.25, 0.3) is 0 Å². The van der Waals surface area contributed by atoms with Crippen molar-refractivity contribution in [2.75, 3.05) is 6.54 Å². The van der Waals surface area contributed by atoms with Crippen LogP contribution in [0.15, 0.2) is 0 Å². The van der Waals surface area contributed by atoms with Crippen molar-refractivity contribution in [2.24, 2.45) is 0 Å². The molecule has 1 rings (SSSR count). The van der Waals surface area contributed by atoms with Gasteiger partial charge >= 0.3 is 0 Å². The fourth-order valence-corrected chi connectivity index (χ4v) is 1.74. The minimum Gasteiger partial charge on any atom is -0.391 e. The molecule has 0 heterocycles. The molecule has 0 aromatic rings. The first kappa shape index (κ1) is 12.0. The molecular formula is C10H18N2O3. The first-order valence-corrected chi connectivity index (χ1v) is 5.31. The summed E-state index contributed by atoms with van der Waals surface area (Å²) in [4.78, 5) is 21.9. The van der Waals surface area contributed by atoms with Gasteiger partial charge in [0.05, 0.1) is 18.7 Å². The zero-order chi connectivity index (χ0) is 11.3. The van der Waals surface area contributed by atoms with Gasteiger partial charge in [-0.15, -0.1) is 0 Å². The average molecular weight is 214 g/mol. The van der Waals surface area contributed by atoms with E-state index in [4.69, 9.17) is 0 Å². The third kappa shape index (κ3) is 4.29. The third-order valence-corrected chi connectivity index (χ3v) is 2.57. The molecule has 5 nitrogen and oxygen atoms in total. The second kappa shape index (κ2) is 5.70. The Kier molecular flexibility index (Phi) is 4.55. The van der Waals surface area contributed by atoms with Crippen molar-refractivity contribution >= 4 is 11.8 Å². The molecule has 5 heteroatoms. The Hall–Kier alpha value is -1.10. The van der Waals surface area contributed by atoms with Crippen LogP contribution < -0.4 is 10.6 Å². The number of aliphatic hydroxyl groups excluding tert-OH is 1. The summed E-state index contributed by atoms with van der Waals surface area (Å²) >= 11 is 0. The van der Waals surface area contributed by atoms with Gasteiger partial charge in [-0.1, -0.05) is 12.8 Å². The van der Waals surface area contributed by atoms with Crippen LogP contribution in [0.3, 0.4) is 0 Å². The van der Waals surface area contributed by atoms with Crippen molar-refractivity contribution in [3.05, 3.63) is 0 Å². The van der Waals surface area contributed by atoms with Gasteiger partial charge in [-0.05, 0) is 12.8 Å². The minimum absolute atomic E-state index is 0.0153. The van der Waals surface area contributed by atoms with Crippen LogP contribution in [0.2, 0.25) is 0 Å². The Morgan fingerprint density at radius 3 is 2.60 bits per heavy atom. The van der Waals surface area contributed by atoms with Crippen molar-refractivity contribution in [2.45, 2.75) is 44.8 Å². The SMILES string of the molecule is CC(=O)NCC(=O)N[C@H]1CCCC[C@@H]1O. The summed E-state index contributed by atoms with van der Waals surface area (Å²) in [5.41, 5.74) is 0. The minimum atomic E-state index is -0.444. The summed E-state index contributed by atoms with van der Waals surface area (Å²) in [7, 11) is 0. The van der Waals surface area contributed by atoms with Crippen LogP contribution in [-0.4, -0.2) is 35.6 Å². The van der Waals surface area contributed by atoms with E-state index in [2.05, 4.69) is 10.6 Å². The highest BCUT2D eigenvalue weighted by atomic mass is 16.3. The summed E-state index contributed by atoms with van der Waals surface area (Å²) in [6, 6.07) is -0.153. The smallest absolute Gasteiger partial charge is 0.239 e. The second-order valence-corrected chi connectivity index (χ2v) is 3.94. The van der Waals surface area contributed by atoms with E-state index < -0.39 is 6.10 Å². The number of hydrogen-bond acceptors (Lipinski definition) is 3. The van der Waals surface area contributed by atoms with Gasteiger partial charge in [0.1, 0.15) is 0 Å². The first-order chi connectivity index (χ1) is 7.09. The highest BCUT2D eigenvalue weighted by Crippen LogP contribution is 2.17. The van der Waals surface area contributed by atoms with Gasteiger partial charge in [-0.3, -0.25) is 9.59 Å². The Labute approximate surface area is 89.2 Å². The van der Waals surface area contributed by atoms with Gasteiger partial charge in [0, 0.05) is 6.92 Å². The van der Waals surface area contributed by atoms with Gasteiger partial charge in [-0.2, -0.15) is 0 Å². The standard InChI is InChI=1S/C10H18N2O3/c1-7(13)11-6-10(15)12-8-4-2-3-5-9(8)14/h8-9,14H,2-6H2,1H3,(H,11,13)(H,12,15)/t8-,9-/m0/s1. The first-order valence-electron chi connectivity index (χ1n) is 5.31. The van der Waals surface area contributed by atoms with Crippen LogP contribution >= 0.6 is 0 Å². The maximum atomic E-state index is 11.3. The van der Waals surface area contributed by atoms with E-state index in [0.717, 1.165) is 25.7 Å². The molecule has 0 radical (unpaired) electrons. The molecule has 0 bridgehead atoms. The third-order valence-electron chi connectivity index (χ3n) is 2.57. The molecule has 2 amide bonds. The number of carbonyl (C=O) groups excluding carboxylic acids is 2. The van der Waals surface area contributed by atoms with E-state index in [1.165, 1.54) is 6.92 Å². The Bertz CT molecular complexity index is 243. The normalized spacial score (nSPS) is 25.7. The van der Waals surface area contributed by atoms with E-state index in [0.29, 0.717) is 0 Å². The van der Waals surface area contributed by atoms with E-state index in [-0.39, 0.29) is 24.4 Å². The van der Waals surface area contributed by atoms with Gasteiger partial charge < -0.3 is 15.7 Å². The van der Waals surface area contributed by atoms with E-state index >= 15 is 0 Å². The second-order valence-electron chi connectivity index (χ2n) is 3.94. The molecule has 0 spiro atoms. The van der Waals surface area contributed by atoms with Gasteiger partial charge in [0.2, 0.25) is 11.8 Å². The van der Waals surface area contributed by atoms with Crippen molar-refractivity contribution < 1.29 is 14.7 Å². The number of rotatable bonds is 3. The summed E-state index contributed by atoms with van der Waals surface area (Å²) in [6.45, 7) is 1.35. The Morgan fingerprint density at radius 2 is 2.00 bits per heavy atom.